The summed E-state index contributed by atoms with van der Waals surface area (Å²) >= 11 is 15.2. The highest BCUT2D eigenvalue weighted by molar-refractivity contribution is 6.67. The number of hydrogen-bond acceptors (Lipinski definition) is 1. The fourth-order valence-electron chi connectivity index (χ4n) is 0.946. The molecule has 1 saturated carbocycles. The lowest BCUT2D eigenvalue weighted by Gasteiger charge is -2.05. The Labute approximate surface area is 88.4 Å². The number of carbonyl (C=O) groups excluding carboxylic acids is 1. The summed E-state index contributed by atoms with van der Waals surface area (Å²) < 4.78 is -1.08. The van der Waals surface area contributed by atoms with Crippen LogP contribution in [0.25, 0.3) is 0 Å². The second-order valence-corrected chi connectivity index (χ2v) is 5.73. The molecular formula is C8H13Cl3O. The van der Waals surface area contributed by atoms with Gasteiger partial charge in [0, 0.05) is 12.8 Å². The van der Waals surface area contributed by atoms with Gasteiger partial charge in [0.05, 0.1) is 0 Å². The molecule has 0 aromatic heterocycles. The van der Waals surface area contributed by atoms with Crippen LogP contribution in [-0.2, 0) is 4.79 Å². The first-order chi connectivity index (χ1) is 5.39. The molecule has 0 bridgehead atoms. The van der Waals surface area contributed by atoms with E-state index in [2.05, 4.69) is 0 Å². The number of carbonyl (C=O) groups is 1. The Hall–Kier alpha value is 0.540. The third-order valence-corrected chi connectivity index (χ3v) is 1.41. The molecule has 0 saturated heterocycles. The van der Waals surface area contributed by atoms with Crippen molar-refractivity contribution >= 4 is 40.6 Å². The van der Waals surface area contributed by atoms with E-state index in [0.29, 0.717) is 5.78 Å². The summed E-state index contributed by atoms with van der Waals surface area (Å²) in [6.45, 7) is 1.48. The van der Waals surface area contributed by atoms with E-state index < -0.39 is 3.79 Å². The maximum atomic E-state index is 10.5. The molecular weight excluding hydrogens is 218 g/mol. The molecule has 4 heteroatoms. The molecule has 1 rings (SSSR count). The first kappa shape index (κ1) is 12.5. The predicted octanol–water partition coefficient (Wildman–Crippen LogP) is 3.90. The molecule has 0 aromatic rings. The predicted molar refractivity (Wildman–Crippen MR) is 54.1 cm³/mol. The average molecular weight is 232 g/mol. The first-order valence-corrected chi connectivity index (χ1v) is 5.11. The third kappa shape index (κ3) is 13.2. The van der Waals surface area contributed by atoms with E-state index in [4.69, 9.17) is 34.8 Å². The molecule has 0 atom stereocenters. The lowest BCUT2D eigenvalue weighted by molar-refractivity contribution is -0.120. The van der Waals surface area contributed by atoms with Crippen LogP contribution in [0.5, 0.6) is 0 Å². The Morgan fingerprint density at radius 3 is 1.58 bits per heavy atom. The Morgan fingerprint density at radius 2 is 1.42 bits per heavy atom. The van der Waals surface area contributed by atoms with Crippen LogP contribution < -0.4 is 0 Å². The summed E-state index contributed by atoms with van der Waals surface area (Å²) in [5.74, 6) is 0.464. The van der Waals surface area contributed by atoms with Crippen LogP contribution in [0.1, 0.15) is 39.0 Å². The number of rotatable bonds is 0. The monoisotopic (exact) mass is 230 g/mol. The summed E-state index contributed by atoms with van der Waals surface area (Å²) in [7, 11) is 0. The summed E-state index contributed by atoms with van der Waals surface area (Å²) in [6.07, 6.45) is 5.24. The van der Waals surface area contributed by atoms with E-state index in [1.807, 2.05) is 0 Å². The summed E-state index contributed by atoms with van der Waals surface area (Å²) in [4.78, 5) is 10.5. The SMILES string of the molecule is CC(Cl)(Cl)Cl.O=C1CCCCC1. The largest absolute Gasteiger partial charge is 0.300 e. The number of alkyl halides is 3. The summed E-state index contributed by atoms with van der Waals surface area (Å²) in [5, 5.41) is 0. The molecule has 1 nitrogen and oxygen atoms in total. The molecule has 0 aromatic carbocycles. The Balaban J connectivity index is 0.000000217. The van der Waals surface area contributed by atoms with Crippen LogP contribution in [0.3, 0.4) is 0 Å². The summed E-state index contributed by atoms with van der Waals surface area (Å²) in [5.41, 5.74) is 0. The summed E-state index contributed by atoms with van der Waals surface area (Å²) in [6, 6.07) is 0. The zero-order chi connectivity index (χ0) is 9.61. The van der Waals surface area contributed by atoms with Crippen LogP contribution in [0.15, 0.2) is 0 Å². The zero-order valence-corrected chi connectivity index (χ0v) is 9.35. The fourth-order valence-corrected chi connectivity index (χ4v) is 0.946. The smallest absolute Gasteiger partial charge is 0.187 e. The minimum absolute atomic E-state index is 0.464. The van der Waals surface area contributed by atoms with Gasteiger partial charge in [0.2, 0.25) is 0 Å². The molecule has 0 heterocycles. The van der Waals surface area contributed by atoms with E-state index in [1.165, 1.54) is 13.3 Å². The van der Waals surface area contributed by atoms with Crippen molar-refractivity contribution in [1.29, 1.82) is 0 Å². The van der Waals surface area contributed by atoms with Gasteiger partial charge in [-0.05, 0) is 19.8 Å². The van der Waals surface area contributed by atoms with Crippen molar-refractivity contribution in [1.82, 2.24) is 0 Å². The van der Waals surface area contributed by atoms with Gasteiger partial charge in [-0.2, -0.15) is 0 Å². The van der Waals surface area contributed by atoms with Gasteiger partial charge < -0.3 is 0 Å². The molecule has 0 unspecified atom stereocenters. The number of halogens is 3. The zero-order valence-electron chi connectivity index (χ0n) is 7.08. The van der Waals surface area contributed by atoms with Crippen LogP contribution in [0.2, 0.25) is 0 Å². The lowest BCUT2D eigenvalue weighted by Crippen LogP contribution is -2.02. The highest BCUT2D eigenvalue weighted by atomic mass is 35.6. The number of Topliss-reactive ketones (excluding diaryl/α,β-unsaturated/α-hetero) is 1. The van der Waals surface area contributed by atoms with Crippen molar-refractivity contribution in [3.05, 3.63) is 0 Å². The maximum Gasteiger partial charge on any atom is 0.187 e. The average Bonchev–Trinajstić information content (AvgIpc) is 1.85. The number of hydrogen-bond donors (Lipinski definition) is 0. The van der Waals surface area contributed by atoms with Crippen LogP contribution >= 0.6 is 34.8 Å². The van der Waals surface area contributed by atoms with Gasteiger partial charge in [-0.25, -0.2) is 0 Å². The fraction of sp³-hybridized carbons (Fsp3) is 0.875. The minimum atomic E-state index is -1.08. The normalized spacial score (nSPS) is 18.2. The van der Waals surface area contributed by atoms with Gasteiger partial charge in [-0.3, -0.25) is 4.79 Å². The molecule has 0 spiro atoms. The molecule has 1 aliphatic carbocycles. The highest BCUT2D eigenvalue weighted by Crippen LogP contribution is 2.23. The van der Waals surface area contributed by atoms with Gasteiger partial charge in [0.1, 0.15) is 5.78 Å². The molecule has 1 fully saturated rings. The van der Waals surface area contributed by atoms with E-state index >= 15 is 0 Å². The van der Waals surface area contributed by atoms with Gasteiger partial charge >= 0.3 is 0 Å². The van der Waals surface area contributed by atoms with Crippen molar-refractivity contribution in [3.8, 4) is 0 Å². The van der Waals surface area contributed by atoms with E-state index in [0.717, 1.165) is 25.7 Å². The molecule has 0 amide bonds. The minimum Gasteiger partial charge on any atom is -0.300 e. The van der Waals surface area contributed by atoms with Crippen molar-refractivity contribution in [2.75, 3.05) is 0 Å². The molecule has 72 valence electrons. The second-order valence-electron chi connectivity index (χ2n) is 2.88. The quantitative estimate of drug-likeness (QED) is 0.578. The van der Waals surface area contributed by atoms with Crippen molar-refractivity contribution < 1.29 is 4.79 Å². The van der Waals surface area contributed by atoms with Crippen LogP contribution in [-0.4, -0.2) is 9.58 Å². The Morgan fingerprint density at radius 1 is 1.08 bits per heavy atom. The molecule has 0 N–H and O–H groups in total. The van der Waals surface area contributed by atoms with Crippen LogP contribution in [0, 0.1) is 0 Å². The van der Waals surface area contributed by atoms with Gasteiger partial charge in [-0.1, -0.05) is 41.2 Å². The van der Waals surface area contributed by atoms with E-state index in [9.17, 15) is 4.79 Å². The second kappa shape index (κ2) is 6.06. The van der Waals surface area contributed by atoms with Crippen molar-refractivity contribution in [2.45, 2.75) is 42.8 Å². The van der Waals surface area contributed by atoms with Gasteiger partial charge in [0.25, 0.3) is 0 Å². The van der Waals surface area contributed by atoms with E-state index in [-0.39, 0.29) is 0 Å². The van der Waals surface area contributed by atoms with Crippen molar-refractivity contribution in [2.24, 2.45) is 0 Å². The van der Waals surface area contributed by atoms with Crippen molar-refractivity contribution in [3.63, 3.8) is 0 Å². The standard InChI is InChI=1S/C6H10O.C2H3Cl3/c7-6-4-2-1-3-5-6;1-2(3,4)5/h1-5H2;1H3. The number of ketones is 1. The topological polar surface area (TPSA) is 17.1 Å². The van der Waals surface area contributed by atoms with Crippen LogP contribution in [0.4, 0.5) is 0 Å². The Bertz CT molecular complexity index is 126. The molecule has 0 aliphatic heterocycles. The molecule has 1 aliphatic rings. The first-order valence-electron chi connectivity index (χ1n) is 3.98. The molecule has 0 radical (unpaired) electrons. The lowest BCUT2D eigenvalue weighted by atomic mass is 10.00. The molecule has 12 heavy (non-hydrogen) atoms. The maximum absolute atomic E-state index is 10.5. The third-order valence-electron chi connectivity index (χ3n) is 1.41. The van der Waals surface area contributed by atoms with E-state index in [1.54, 1.807) is 0 Å². The van der Waals surface area contributed by atoms with Gasteiger partial charge in [-0.15, -0.1) is 0 Å². The Kier molecular flexibility index (Phi) is 6.34. The van der Waals surface area contributed by atoms with Gasteiger partial charge in [0.15, 0.2) is 3.79 Å². The highest BCUT2D eigenvalue weighted by Gasteiger charge is 2.07.